The van der Waals surface area contributed by atoms with Crippen LogP contribution in [0.4, 0.5) is 14.4 Å². The summed E-state index contributed by atoms with van der Waals surface area (Å²) in [6, 6.07) is 20.8. The molecule has 4 aliphatic heterocycles. The van der Waals surface area contributed by atoms with Gasteiger partial charge in [-0.25, -0.2) is 24.4 Å². The Bertz CT molecular complexity index is 2210. The molecule has 4 unspecified atom stereocenters. The van der Waals surface area contributed by atoms with E-state index in [4.69, 9.17) is 24.2 Å². The molecule has 5 amide bonds. The van der Waals surface area contributed by atoms with Crippen LogP contribution in [0.5, 0.6) is 0 Å². The van der Waals surface area contributed by atoms with E-state index in [-0.39, 0.29) is 49.3 Å². The van der Waals surface area contributed by atoms with E-state index in [9.17, 15) is 24.0 Å². The van der Waals surface area contributed by atoms with Crippen LogP contribution in [0.2, 0.25) is 0 Å². The summed E-state index contributed by atoms with van der Waals surface area (Å²) in [7, 11) is 5.16. The van der Waals surface area contributed by atoms with Gasteiger partial charge in [-0.15, -0.1) is 11.3 Å². The Morgan fingerprint density at radius 1 is 0.770 bits per heavy atom. The molecule has 2 aromatic carbocycles. The Hall–Kier alpha value is -5.33. The van der Waals surface area contributed by atoms with Gasteiger partial charge in [0, 0.05) is 43.1 Å². The highest BCUT2D eigenvalue weighted by molar-refractivity contribution is 9.10. The summed E-state index contributed by atoms with van der Waals surface area (Å²) in [6.45, 7) is 12.3. The Kier molecular flexibility index (Phi) is 13.0. The number of nitrogens with zero attached hydrogens (tertiary/aromatic N) is 6. The molecule has 0 spiro atoms. The van der Waals surface area contributed by atoms with Crippen molar-refractivity contribution in [2.24, 2.45) is 21.8 Å². The van der Waals surface area contributed by atoms with Gasteiger partial charge in [-0.05, 0) is 83.3 Å². The molecule has 61 heavy (non-hydrogen) atoms. The number of guanidine groups is 2. The van der Waals surface area contributed by atoms with Crippen molar-refractivity contribution in [1.29, 1.82) is 0 Å². The second kappa shape index (κ2) is 17.6. The van der Waals surface area contributed by atoms with Gasteiger partial charge in [0.15, 0.2) is 0 Å². The maximum Gasteiger partial charge on any atom is 0.414 e. The van der Waals surface area contributed by atoms with Crippen LogP contribution in [0.25, 0.3) is 0 Å². The zero-order chi connectivity index (χ0) is 44.5. The number of nitrogens with one attached hydrogen (secondary N) is 2. The normalized spacial score (nSPS) is 23.8. The number of benzene rings is 2. The fourth-order valence-corrected chi connectivity index (χ4v) is 9.11. The van der Waals surface area contributed by atoms with Crippen molar-refractivity contribution in [3.05, 3.63) is 92.6 Å². The molecule has 2 fully saturated rings. The van der Waals surface area contributed by atoms with Crippen molar-refractivity contribution in [3.63, 3.8) is 0 Å². The molecular formula is C43H53BrN8O8S. The molecule has 326 valence electrons. The van der Waals surface area contributed by atoms with Gasteiger partial charge in [0.2, 0.25) is 23.7 Å². The fourth-order valence-electron chi connectivity index (χ4n) is 7.79. The number of fused-ring (bicyclic) bond motifs is 2. The molecular weight excluding hydrogens is 868 g/mol. The second-order valence-electron chi connectivity index (χ2n) is 17.5. The van der Waals surface area contributed by atoms with Crippen LogP contribution >= 0.6 is 27.3 Å². The maximum absolute atomic E-state index is 13.6. The Morgan fingerprint density at radius 2 is 1.34 bits per heavy atom. The maximum atomic E-state index is 13.6. The number of carbonyl (C=O) groups excluding carboxylic acids is 5. The zero-order valence-corrected chi connectivity index (χ0v) is 38.3. The first-order chi connectivity index (χ1) is 28.6. The van der Waals surface area contributed by atoms with Crippen LogP contribution < -0.4 is 10.6 Å². The molecule has 2 saturated heterocycles. The Balaban J connectivity index is 0.000000218. The molecule has 18 heteroatoms. The van der Waals surface area contributed by atoms with Gasteiger partial charge in [-0.1, -0.05) is 64.5 Å². The van der Waals surface area contributed by atoms with Crippen LogP contribution in [0.3, 0.4) is 0 Å². The topological polar surface area (TPSA) is 175 Å². The minimum absolute atomic E-state index is 0.0428. The number of likely N-dealkylation sites (tertiary alicyclic amines) is 2. The molecule has 3 aromatic rings. The smallest absolute Gasteiger partial charge is 0.414 e. The lowest BCUT2D eigenvalue weighted by Gasteiger charge is -2.38. The number of hydrogen-bond donors (Lipinski definition) is 2. The summed E-state index contributed by atoms with van der Waals surface area (Å²) in [5.41, 5.74) is -1.50. The Labute approximate surface area is 368 Å². The Morgan fingerprint density at radius 3 is 1.89 bits per heavy atom. The van der Waals surface area contributed by atoms with E-state index >= 15 is 0 Å². The number of likely N-dealkylation sites (N-methyl/N-ethyl adjacent to an activating group) is 1. The lowest BCUT2D eigenvalue weighted by atomic mass is 9.79. The van der Waals surface area contributed by atoms with Crippen molar-refractivity contribution in [3.8, 4) is 0 Å². The van der Waals surface area contributed by atoms with E-state index in [2.05, 4.69) is 31.5 Å². The quantitative estimate of drug-likeness (QED) is 0.292. The van der Waals surface area contributed by atoms with Crippen LogP contribution in [0.15, 0.2) is 86.6 Å². The largest absolute Gasteiger partial charge is 0.445 e. The van der Waals surface area contributed by atoms with E-state index < -0.39 is 46.5 Å². The number of carbonyl (C=O) groups is 5. The van der Waals surface area contributed by atoms with Crippen LogP contribution in [0, 0.1) is 11.8 Å². The molecule has 0 saturated carbocycles. The molecule has 1 aromatic heterocycles. The number of ether oxygens (including phenoxy) is 3. The second-order valence-corrected chi connectivity index (χ2v) is 19.3. The molecule has 5 heterocycles. The first-order valence-electron chi connectivity index (χ1n) is 19.8. The van der Waals surface area contributed by atoms with E-state index in [1.807, 2.05) is 79.2 Å². The number of amides is 5. The standard InChI is InChI=1S/C26H29BrN4O5.C17H24N4O3S/c1-25(2,3)36-23(33)28-22-29-26(18-11-8-12-19(27)13-18)16-31(14-20(26)21(32)30(22)4)24(34)35-15-17-9-6-5-7-10-17;1-16(2,3)24-15(23)18-14-19-17(12-7-6-8-25-12)10-20(4)9-11(17)13(22)21(14)5/h5-13,20H,14-16H2,1-4H3,(H,28,29,33);6-8,11H,9-10H2,1-5H3,(H,18,19,23). The van der Waals surface area contributed by atoms with Crippen LogP contribution in [-0.4, -0.2) is 120 Å². The number of thiophene rings is 1. The lowest BCUT2D eigenvalue weighted by molar-refractivity contribution is -0.133. The van der Waals surface area contributed by atoms with Gasteiger partial charge in [-0.3, -0.25) is 30.0 Å². The number of rotatable bonds is 4. The highest BCUT2D eigenvalue weighted by Crippen LogP contribution is 2.46. The van der Waals surface area contributed by atoms with Crippen molar-refractivity contribution in [2.45, 2.75) is 70.4 Å². The zero-order valence-electron chi connectivity index (χ0n) is 35.9. The molecule has 0 bridgehead atoms. The summed E-state index contributed by atoms with van der Waals surface area (Å²) in [6.07, 6.45) is -1.87. The summed E-state index contributed by atoms with van der Waals surface area (Å²) >= 11 is 5.08. The van der Waals surface area contributed by atoms with Crippen molar-refractivity contribution in [1.82, 2.24) is 30.2 Å². The third-order valence-corrected chi connectivity index (χ3v) is 12.0. The fraction of sp³-hybridized carbons (Fsp3) is 0.465. The molecule has 16 nitrogen and oxygen atoms in total. The van der Waals surface area contributed by atoms with Crippen molar-refractivity contribution in [2.75, 3.05) is 47.3 Å². The first-order valence-corrected chi connectivity index (χ1v) is 21.5. The lowest BCUT2D eigenvalue weighted by Crippen LogP contribution is -2.57. The van der Waals surface area contributed by atoms with Gasteiger partial charge in [-0.2, -0.15) is 0 Å². The summed E-state index contributed by atoms with van der Waals surface area (Å²) < 4.78 is 17.0. The number of aliphatic imine (C=N–C) groups is 2. The van der Waals surface area contributed by atoms with E-state index in [0.29, 0.717) is 13.1 Å². The third kappa shape index (κ3) is 10.1. The highest BCUT2D eigenvalue weighted by Gasteiger charge is 2.58. The molecule has 7 rings (SSSR count). The van der Waals surface area contributed by atoms with Gasteiger partial charge in [0.25, 0.3) is 0 Å². The predicted molar refractivity (Wildman–Crippen MR) is 234 cm³/mol. The van der Waals surface area contributed by atoms with Gasteiger partial charge < -0.3 is 24.0 Å². The number of alkyl carbamates (subject to hydrolysis) is 2. The van der Waals surface area contributed by atoms with Gasteiger partial charge >= 0.3 is 18.3 Å². The molecule has 2 N–H and O–H groups in total. The molecule has 0 radical (unpaired) electrons. The molecule has 4 atom stereocenters. The SMILES string of the molecule is CN1C(=O)C2CN(C(=O)OCc3ccccc3)CC2(c2cccc(Br)c2)N=C1NC(=O)OC(C)(C)C.CN1CC2C(=O)N(C)C(NC(=O)OC(C)(C)C)=NC2(c2cccs2)C1. The number of hydrogen-bond acceptors (Lipinski definition) is 12. The summed E-state index contributed by atoms with van der Waals surface area (Å²) in [5, 5.41) is 7.25. The van der Waals surface area contributed by atoms with Gasteiger partial charge in [0.05, 0.1) is 18.4 Å². The average molecular weight is 922 g/mol. The monoisotopic (exact) mass is 920 g/mol. The van der Waals surface area contributed by atoms with Gasteiger partial charge in [0.1, 0.15) is 28.9 Å². The highest BCUT2D eigenvalue weighted by atomic mass is 79.9. The van der Waals surface area contributed by atoms with Crippen LogP contribution in [0.1, 0.15) is 57.5 Å². The summed E-state index contributed by atoms with van der Waals surface area (Å²) in [5.74, 6) is -0.937. The van der Waals surface area contributed by atoms with Crippen molar-refractivity contribution >= 4 is 69.3 Å². The minimum Gasteiger partial charge on any atom is -0.445 e. The average Bonchev–Trinajstić information content (AvgIpc) is 3.93. The molecule has 0 aliphatic carbocycles. The predicted octanol–water partition coefficient (Wildman–Crippen LogP) is 6.12. The first kappa shape index (κ1) is 45.2. The van der Waals surface area contributed by atoms with E-state index in [0.717, 1.165) is 20.5 Å². The van der Waals surface area contributed by atoms with E-state index in [1.165, 1.54) is 14.7 Å². The van der Waals surface area contributed by atoms with E-state index in [1.54, 1.807) is 67.0 Å². The third-order valence-electron chi connectivity index (χ3n) is 10.5. The summed E-state index contributed by atoms with van der Waals surface area (Å²) in [4.78, 5) is 81.3. The minimum atomic E-state index is -1.11. The van der Waals surface area contributed by atoms with Crippen molar-refractivity contribution < 1.29 is 38.2 Å². The molecule has 4 aliphatic rings. The number of halogens is 1. The van der Waals surface area contributed by atoms with Crippen LogP contribution in [-0.2, 0) is 41.5 Å².